The van der Waals surface area contributed by atoms with Crippen LogP contribution in [-0.2, 0) is 0 Å². The molecule has 6 heteroatoms. The van der Waals surface area contributed by atoms with E-state index >= 15 is 0 Å². The third kappa shape index (κ3) is 3.32. The fraction of sp³-hybridized carbons (Fsp3) is 0.500. The molecule has 2 unspecified atom stereocenters. The van der Waals surface area contributed by atoms with Gasteiger partial charge in [0.15, 0.2) is 0 Å². The summed E-state index contributed by atoms with van der Waals surface area (Å²) in [5.41, 5.74) is 6.48. The van der Waals surface area contributed by atoms with Crippen LogP contribution in [0.15, 0.2) is 24.3 Å². The smallest absolute Gasteiger partial charge is 0.405 e. The largest absolute Gasteiger partial charge is 0.573 e. The van der Waals surface area contributed by atoms with Gasteiger partial charge in [0.25, 0.3) is 0 Å². The van der Waals surface area contributed by atoms with Gasteiger partial charge in [-0.2, -0.15) is 11.8 Å². The van der Waals surface area contributed by atoms with Crippen LogP contribution in [0.5, 0.6) is 5.75 Å². The predicted molar refractivity (Wildman–Crippen MR) is 65.5 cm³/mol. The lowest BCUT2D eigenvalue weighted by Gasteiger charge is -2.21. The normalized spacial score (nSPS) is 21.9. The highest BCUT2D eigenvalue weighted by molar-refractivity contribution is 8.00. The lowest BCUT2D eigenvalue weighted by atomic mass is 10.0. The molecule has 0 saturated carbocycles. The number of hydrogen-bond acceptors (Lipinski definition) is 3. The molecule has 1 heterocycles. The van der Waals surface area contributed by atoms with Crippen molar-refractivity contribution in [1.29, 1.82) is 0 Å². The Balaban J connectivity index is 2.20. The summed E-state index contributed by atoms with van der Waals surface area (Å²) in [4.78, 5) is 0. The van der Waals surface area contributed by atoms with Crippen molar-refractivity contribution in [3.05, 3.63) is 29.8 Å². The molecule has 0 amide bonds. The third-order valence-electron chi connectivity index (χ3n) is 2.87. The van der Waals surface area contributed by atoms with E-state index < -0.39 is 12.4 Å². The fourth-order valence-corrected chi connectivity index (χ4v) is 3.38. The Morgan fingerprint density at radius 3 is 2.67 bits per heavy atom. The summed E-state index contributed by atoms with van der Waals surface area (Å²) >= 11 is 1.71. The van der Waals surface area contributed by atoms with Crippen LogP contribution in [0.1, 0.15) is 24.4 Å². The maximum atomic E-state index is 12.3. The Morgan fingerprint density at radius 1 is 1.33 bits per heavy atom. The minimum atomic E-state index is -4.68. The van der Waals surface area contributed by atoms with Crippen LogP contribution < -0.4 is 10.5 Å². The summed E-state index contributed by atoms with van der Waals surface area (Å²) in [6.07, 6.45) is -2.68. The quantitative estimate of drug-likeness (QED) is 0.918. The molecular formula is C12H14F3NOS. The number of rotatable bonds is 3. The van der Waals surface area contributed by atoms with Crippen molar-refractivity contribution in [2.45, 2.75) is 30.5 Å². The first-order valence-corrected chi connectivity index (χ1v) is 6.74. The van der Waals surface area contributed by atoms with Crippen LogP contribution in [0.2, 0.25) is 0 Å². The van der Waals surface area contributed by atoms with Crippen LogP contribution in [-0.4, -0.2) is 17.4 Å². The van der Waals surface area contributed by atoms with Crippen molar-refractivity contribution in [3.8, 4) is 5.75 Å². The summed E-state index contributed by atoms with van der Waals surface area (Å²) in [7, 11) is 0. The molecule has 1 aliphatic heterocycles. The first-order chi connectivity index (χ1) is 8.47. The first-order valence-electron chi connectivity index (χ1n) is 5.69. The van der Waals surface area contributed by atoms with Crippen molar-refractivity contribution in [3.63, 3.8) is 0 Å². The molecule has 100 valence electrons. The standard InChI is InChI=1S/C12H14F3NOS/c13-12(14,15)17-9-5-2-1-4-8(9)11(16)10-6-3-7-18-10/h1-2,4-5,10-11H,3,6-7,16H2. The van der Waals surface area contributed by atoms with Crippen LogP contribution in [0.4, 0.5) is 13.2 Å². The van der Waals surface area contributed by atoms with Gasteiger partial charge >= 0.3 is 6.36 Å². The van der Waals surface area contributed by atoms with E-state index in [4.69, 9.17) is 5.73 Å². The molecule has 0 spiro atoms. The van der Waals surface area contributed by atoms with Gasteiger partial charge in [-0.15, -0.1) is 13.2 Å². The first kappa shape index (κ1) is 13.5. The van der Waals surface area contributed by atoms with Gasteiger partial charge in [0.1, 0.15) is 5.75 Å². The van der Waals surface area contributed by atoms with Gasteiger partial charge in [-0.1, -0.05) is 18.2 Å². The molecule has 1 aromatic rings. The molecule has 18 heavy (non-hydrogen) atoms. The molecule has 2 N–H and O–H groups in total. The van der Waals surface area contributed by atoms with Crippen molar-refractivity contribution < 1.29 is 17.9 Å². The van der Waals surface area contributed by atoms with Crippen molar-refractivity contribution >= 4 is 11.8 Å². The highest BCUT2D eigenvalue weighted by Gasteiger charge is 2.34. The van der Waals surface area contributed by atoms with E-state index in [0.29, 0.717) is 5.56 Å². The molecule has 1 aromatic carbocycles. The predicted octanol–water partition coefficient (Wildman–Crippen LogP) is 3.48. The molecule has 0 bridgehead atoms. The Morgan fingerprint density at radius 2 is 2.06 bits per heavy atom. The second kappa shape index (κ2) is 5.40. The average Bonchev–Trinajstić information content (AvgIpc) is 2.80. The number of nitrogens with two attached hydrogens (primary N) is 1. The molecule has 2 rings (SSSR count). The minimum Gasteiger partial charge on any atom is -0.405 e. The van der Waals surface area contributed by atoms with E-state index in [9.17, 15) is 13.2 Å². The second-order valence-corrected chi connectivity index (χ2v) is 5.51. The average molecular weight is 277 g/mol. The SMILES string of the molecule is NC(c1ccccc1OC(F)(F)F)C1CCCS1. The number of para-hydroxylation sites is 1. The molecular weight excluding hydrogens is 263 g/mol. The molecule has 0 aliphatic carbocycles. The molecule has 1 fully saturated rings. The zero-order valence-corrected chi connectivity index (χ0v) is 10.4. The third-order valence-corrected chi connectivity index (χ3v) is 4.35. The van der Waals surface area contributed by atoms with Crippen molar-refractivity contribution in [2.75, 3.05) is 5.75 Å². The number of benzene rings is 1. The lowest BCUT2D eigenvalue weighted by molar-refractivity contribution is -0.275. The van der Waals surface area contributed by atoms with Gasteiger partial charge in [-0.05, 0) is 24.7 Å². The van der Waals surface area contributed by atoms with Crippen LogP contribution in [0.3, 0.4) is 0 Å². The number of thioether (sulfide) groups is 1. The molecule has 2 nitrogen and oxygen atoms in total. The molecule has 0 aromatic heterocycles. The van der Waals surface area contributed by atoms with Gasteiger partial charge in [-0.3, -0.25) is 0 Å². The summed E-state index contributed by atoms with van der Waals surface area (Å²) in [5, 5.41) is 0.169. The Labute approximate surface area is 108 Å². The van der Waals surface area contributed by atoms with Crippen LogP contribution in [0.25, 0.3) is 0 Å². The van der Waals surface area contributed by atoms with Crippen LogP contribution in [0, 0.1) is 0 Å². The maximum Gasteiger partial charge on any atom is 0.573 e. The Bertz CT molecular complexity index is 405. The lowest BCUT2D eigenvalue weighted by Crippen LogP contribution is -2.24. The summed E-state index contributed by atoms with van der Waals surface area (Å²) in [6, 6.07) is 5.68. The fourth-order valence-electron chi connectivity index (χ4n) is 2.06. The second-order valence-electron chi connectivity index (χ2n) is 4.16. The van der Waals surface area contributed by atoms with Gasteiger partial charge in [0.2, 0.25) is 0 Å². The summed E-state index contributed by atoms with van der Waals surface area (Å²) in [6.45, 7) is 0. The van der Waals surface area contributed by atoms with E-state index in [1.807, 2.05) is 0 Å². The number of alkyl halides is 3. The van der Waals surface area contributed by atoms with Gasteiger partial charge in [0, 0.05) is 16.9 Å². The molecule has 1 saturated heterocycles. The van der Waals surface area contributed by atoms with E-state index in [1.165, 1.54) is 12.1 Å². The topological polar surface area (TPSA) is 35.2 Å². The minimum absolute atomic E-state index is 0.169. The van der Waals surface area contributed by atoms with Crippen molar-refractivity contribution in [2.24, 2.45) is 5.73 Å². The molecule has 0 radical (unpaired) electrons. The van der Waals surface area contributed by atoms with Gasteiger partial charge < -0.3 is 10.5 Å². The zero-order valence-electron chi connectivity index (χ0n) is 9.61. The van der Waals surface area contributed by atoms with E-state index in [2.05, 4.69) is 4.74 Å². The van der Waals surface area contributed by atoms with Gasteiger partial charge in [0.05, 0.1) is 0 Å². The summed E-state index contributed by atoms with van der Waals surface area (Å²) < 4.78 is 40.9. The monoisotopic (exact) mass is 277 g/mol. The summed E-state index contributed by atoms with van der Waals surface area (Å²) in [5.74, 6) is 0.825. The number of halogens is 3. The van der Waals surface area contributed by atoms with E-state index in [1.54, 1.807) is 23.9 Å². The van der Waals surface area contributed by atoms with Crippen molar-refractivity contribution in [1.82, 2.24) is 0 Å². The number of hydrogen-bond donors (Lipinski definition) is 1. The maximum absolute atomic E-state index is 12.3. The zero-order chi connectivity index (χ0) is 13.2. The van der Waals surface area contributed by atoms with E-state index in [0.717, 1.165) is 18.6 Å². The Kier molecular flexibility index (Phi) is 4.07. The highest BCUT2D eigenvalue weighted by atomic mass is 32.2. The molecule has 1 aliphatic rings. The van der Waals surface area contributed by atoms with E-state index in [-0.39, 0.29) is 11.0 Å². The number of ether oxygens (including phenoxy) is 1. The Hall–Kier alpha value is -0.880. The van der Waals surface area contributed by atoms with Gasteiger partial charge in [-0.25, -0.2) is 0 Å². The highest BCUT2D eigenvalue weighted by Crippen LogP contribution is 2.38. The molecule has 2 atom stereocenters. The van der Waals surface area contributed by atoms with Crippen LogP contribution >= 0.6 is 11.8 Å².